The molecule has 1 aromatic carbocycles. The highest BCUT2D eigenvalue weighted by Crippen LogP contribution is 2.32. The minimum atomic E-state index is 0.317. The van der Waals surface area contributed by atoms with E-state index in [0.29, 0.717) is 6.79 Å². The van der Waals surface area contributed by atoms with Crippen LogP contribution in [0.15, 0.2) is 24.3 Å². The van der Waals surface area contributed by atoms with Gasteiger partial charge in [0.1, 0.15) is 5.82 Å². The van der Waals surface area contributed by atoms with Gasteiger partial charge in [-0.2, -0.15) is 4.98 Å². The molecular weight excluding hydrogens is 370 g/mol. The van der Waals surface area contributed by atoms with Crippen molar-refractivity contribution in [3.63, 3.8) is 0 Å². The van der Waals surface area contributed by atoms with Crippen LogP contribution in [0.3, 0.4) is 0 Å². The highest BCUT2D eigenvalue weighted by Gasteiger charge is 2.21. The second-order valence-corrected chi connectivity index (χ2v) is 7.42. The SMILES string of the molecule is COCCCNc1cc(C)nc(N2CCN(Cc3ccc4c(c3)OCO4)CC2)n1. The monoisotopic (exact) mass is 399 g/mol. The van der Waals surface area contributed by atoms with E-state index < -0.39 is 0 Å². The van der Waals surface area contributed by atoms with Gasteiger partial charge in [0, 0.05) is 64.7 Å². The molecule has 3 heterocycles. The Bertz CT molecular complexity index is 824. The molecule has 8 heteroatoms. The van der Waals surface area contributed by atoms with Crippen LogP contribution < -0.4 is 19.7 Å². The van der Waals surface area contributed by atoms with Gasteiger partial charge in [0.2, 0.25) is 12.7 Å². The zero-order valence-corrected chi connectivity index (χ0v) is 17.2. The number of benzene rings is 1. The second kappa shape index (κ2) is 9.28. The number of aryl methyl sites for hydroxylation is 1. The van der Waals surface area contributed by atoms with Gasteiger partial charge in [-0.15, -0.1) is 0 Å². The first-order valence-electron chi connectivity index (χ1n) is 10.2. The van der Waals surface area contributed by atoms with Crippen molar-refractivity contribution in [1.82, 2.24) is 14.9 Å². The number of nitrogens with one attached hydrogen (secondary N) is 1. The zero-order chi connectivity index (χ0) is 20.1. The van der Waals surface area contributed by atoms with E-state index in [1.807, 2.05) is 19.1 Å². The minimum absolute atomic E-state index is 0.317. The van der Waals surface area contributed by atoms with E-state index >= 15 is 0 Å². The van der Waals surface area contributed by atoms with Crippen molar-refractivity contribution in [3.8, 4) is 11.5 Å². The van der Waals surface area contributed by atoms with E-state index in [9.17, 15) is 0 Å². The maximum Gasteiger partial charge on any atom is 0.231 e. The number of fused-ring (bicyclic) bond motifs is 1. The summed E-state index contributed by atoms with van der Waals surface area (Å²) in [6.07, 6.45) is 0.952. The molecule has 0 amide bonds. The van der Waals surface area contributed by atoms with Crippen LogP contribution >= 0.6 is 0 Å². The molecule has 0 atom stereocenters. The van der Waals surface area contributed by atoms with Crippen LogP contribution in [0.2, 0.25) is 0 Å². The summed E-state index contributed by atoms with van der Waals surface area (Å²) in [5.74, 6) is 3.37. The molecular formula is C21H29N5O3. The predicted molar refractivity (Wildman–Crippen MR) is 112 cm³/mol. The largest absolute Gasteiger partial charge is 0.454 e. The Balaban J connectivity index is 1.31. The predicted octanol–water partition coefficient (Wildman–Crippen LogP) is 2.28. The van der Waals surface area contributed by atoms with E-state index in [1.54, 1.807) is 7.11 Å². The van der Waals surface area contributed by atoms with E-state index in [2.05, 4.69) is 32.2 Å². The van der Waals surface area contributed by atoms with Gasteiger partial charge in [-0.1, -0.05) is 6.07 Å². The number of rotatable bonds is 8. The molecule has 2 aliphatic heterocycles. The molecule has 2 aromatic rings. The number of aromatic nitrogens is 2. The summed E-state index contributed by atoms with van der Waals surface area (Å²) in [4.78, 5) is 14.1. The third kappa shape index (κ3) is 5.07. The van der Waals surface area contributed by atoms with Crippen LogP contribution in [0.25, 0.3) is 0 Å². The lowest BCUT2D eigenvalue weighted by Crippen LogP contribution is -2.46. The Morgan fingerprint density at radius 3 is 2.72 bits per heavy atom. The molecule has 1 fully saturated rings. The average Bonchev–Trinajstić information content (AvgIpc) is 3.19. The van der Waals surface area contributed by atoms with E-state index in [0.717, 1.165) is 81.3 Å². The first-order valence-corrected chi connectivity index (χ1v) is 10.2. The van der Waals surface area contributed by atoms with Gasteiger partial charge in [-0.25, -0.2) is 4.98 Å². The van der Waals surface area contributed by atoms with Crippen LogP contribution in [0, 0.1) is 6.92 Å². The van der Waals surface area contributed by atoms with Gasteiger partial charge in [-0.3, -0.25) is 4.90 Å². The molecule has 1 N–H and O–H groups in total. The Kier molecular flexibility index (Phi) is 6.31. The van der Waals surface area contributed by atoms with Gasteiger partial charge < -0.3 is 24.4 Å². The number of nitrogens with zero attached hydrogens (tertiary/aromatic N) is 4. The van der Waals surface area contributed by atoms with Crippen molar-refractivity contribution in [2.75, 3.05) is 63.5 Å². The van der Waals surface area contributed by atoms with Crippen molar-refractivity contribution < 1.29 is 14.2 Å². The molecule has 0 bridgehead atoms. The second-order valence-electron chi connectivity index (χ2n) is 7.42. The zero-order valence-electron chi connectivity index (χ0n) is 17.2. The van der Waals surface area contributed by atoms with Gasteiger partial charge >= 0.3 is 0 Å². The number of hydrogen-bond acceptors (Lipinski definition) is 8. The normalized spacial score (nSPS) is 16.3. The Hall–Kier alpha value is -2.58. The summed E-state index contributed by atoms with van der Waals surface area (Å²) in [6, 6.07) is 8.19. The molecule has 0 unspecified atom stereocenters. The van der Waals surface area contributed by atoms with Crippen molar-refractivity contribution >= 4 is 11.8 Å². The molecule has 156 valence electrons. The maximum atomic E-state index is 5.49. The summed E-state index contributed by atoms with van der Waals surface area (Å²) in [5.41, 5.74) is 2.23. The molecule has 29 heavy (non-hydrogen) atoms. The number of piperazine rings is 1. The van der Waals surface area contributed by atoms with Crippen LogP contribution in [-0.2, 0) is 11.3 Å². The third-order valence-electron chi connectivity index (χ3n) is 5.17. The summed E-state index contributed by atoms with van der Waals surface area (Å²) in [6.45, 7) is 8.60. The summed E-state index contributed by atoms with van der Waals surface area (Å²) >= 11 is 0. The average molecular weight is 399 g/mol. The third-order valence-corrected chi connectivity index (χ3v) is 5.17. The highest BCUT2D eigenvalue weighted by molar-refractivity contribution is 5.45. The number of hydrogen-bond donors (Lipinski definition) is 1. The fraction of sp³-hybridized carbons (Fsp3) is 0.524. The fourth-order valence-corrected chi connectivity index (χ4v) is 3.62. The van der Waals surface area contributed by atoms with Crippen molar-refractivity contribution in [2.24, 2.45) is 0 Å². The molecule has 0 spiro atoms. The smallest absolute Gasteiger partial charge is 0.231 e. The quantitative estimate of drug-likeness (QED) is 0.678. The highest BCUT2D eigenvalue weighted by atomic mass is 16.7. The molecule has 4 rings (SSSR count). The minimum Gasteiger partial charge on any atom is -0.454 e. The molecule has 0 saturated carbocycles. The van der Waals surface area contributed by atoms with Crippen molar-refractivity contribution in [3.05, 3.63) is 35.5 Å². The van der Waals surface area contributed by atoms with Crippen LogP contribution in [0.4, 0.5) is 11.8 Å². The molecule has 0 radical (unpaired) electrons. The summed E-state index contributed by atoms with van der Waals surface area (Å²) < 4.78 is 16.0. The molecule has 1 aromatic heterocycles. The standard InChI is InChI=1S/C21H29N5O3/c1-16-12-20(22-6-3-11-27-2)24-21(23-16)26-9-7-25(8-10-26)14-17-4-5-18-19(13-17)29-15-28-18/h4-5,12-13H,3,6-11,14-15H2,1-2H3,(H,22,23,24). The van der Waals surface area contributed by atoms with Gasteiger partial charge in [0.05, 0.1) is 0 Å². The molecule has 0 aliphatic carbocycles. The van der Waals surface area contributed by atoms with E-state index in [-0.39, 0.29) is 0 Å². The molecule has 2 aliphatic rings. The van der Waals surface area contributed by atoms with Gasteiger partial charge in [0.25, 0.3) is 0 Å². The maximum absolute atomic E-state index is 5.49. The first kappa shape index (κ1) is 19.7. The van der Waals surface area contributed by atoms with E-state index in [4.69, 9.17) is 19.2 Å². The van der Waals surface area contributed by atoms with Crippen molar-refractivity contribution in [1.29, 1.82) is 0 Å². The van der Waals surface area contributed by atoms with E-state index in [1.165, 1.54) is 5.56 Å². The summed E-state index contributed by atoms with van der Waals surface area (Å²) in [7, 11) is 1.72. The Labute approximate surface area is 171 Å². The topological polar surface area (TPSA) is 72.0 Å². The Morgan fingerprint density at radius 1 is 1.07 bits per heavy atom. The lowest BCUT2D eigenvalue weighted by molar-refractivity contribution is 0.174. The Morgan fingerprint density at radius 2 is 1.90 bits per heavy atom. The van der Waals surface area contributed by atoms with Crippen LogP contribution in [0.5, 0.6) is 11.5 Å². The van der Waals surface area contributed by atoms with Gasteiger partial charge in [-0.05, 0) is 31.0 Å². The van der Waals surface area contributed by atoms with Crippen molar-refractivity contribution in [2.45, 2.75) is 19.9 Å². The summed E-state index contributed by atoms with van der Waals surface area (Å²) in [5, 5.41) is 3.37. The number of ether oxygens (including phenoxy) is 3. The lowest BCUT2D eigenvalue weighted by Gasteiger charge is -2.35. The van der Waals surface area contributed by atoms with Gasteiger partial charge in [0.15, 0.2) is 11.5 Å². The fourth-order valence-electron chi connectivity index (χ4n) is 3.62. The van der Waals surface area contributed by atoms with Crippen LogP contribution in [-0.4, -0.2) is 68.1 Å². The molecule has 8 nitrogen and oxygen atoms in total. The molecule has 1 saturated heterocycles. The lowest BCUT2D eigenvalue weighted by atomic mass is 10.1. The first-order chi connectivity index (χ1) is 14.2. The van der Waals surface area contributed by atoms with Crippen LogP contribution in [0.1, 0.15) is 17.7 Å². The number of anilines is 2. The number of methoxy groups -OCH3 is 1.